The number of nitrogens with two attached hydrogens (primary N) is 1. The van der Waals surface area contributed by atoms with Crippen molar-refractivity contribution in [3.63, 3.8) is 0 Å². The van der Waals surface area contributed by atoms with Crippen molar-refractivity contribution >= 4 is 17.3 Å². The summed E-state index contributed by atoms with van der Waals surface area (Å²) in [6.45, 7) is 3.94. The van der Waals surface area contributed by atoms with Crippen molar-refractivity contribution in [1.29, 1.82) is 0 Å². The van der Waals surface area contributed by atoms with Crippen LogP contribution < -0.4 is 10.6 Å². The van der Waals surface area contributed by atoms with Crippen LogP contribution in [0.15, 0.2) is 18.2 Å². The molecule has 0 bridgehead atoms. The lowest BCUT2D eigenvalue weighted by molar-refractivity contribution is 0.762. The molecule has 0 aliphatic heterocycles. The van der Waals surface area contributed by atoms with Gasteiger partial charge in [0.2, 0.25) is 0 Å². The summed E-state index contributed by atoms with van der Waals surface area (Å²) < 4.78 is 0. The smallest absolute Gasteiger partial charge is 0.0426 e. The van der Waals surface area contributed by atoms with Crippen molar-refractivity contribution < 1.29 is 0 Å². The van der Waals surface area contributed by atoms with Gasteiger partial charge in [0.1, 0.15) is 0 Å². The van der Waals surface area contributed by atoms with Gasteiger partial charge in [0.25, 0.3) is 0 Å². The van der Waals surface area contributed by atoms with E-state index in [9.17, 15) is 0 Å². The second-order valence-corrected chi connectivity index (χ2v) is 4.52. The summed E-state index contributed by atoms with van der Waals surface area (Å²) in [4.78, 5) is 2.26. The molecular weight excluding hydrogens is 220 g/mol. The van der Waals surface area contributed by atoms with E-state index in [1.54, 1.807) is 0 Å². The number of nitrogens with zero attached hydrogens (tertiary/aromatic N) is 1. The van der Waals surface area contributed by atoms with Crippen molar-refractivity contribution in [2.75, 3.05) is 25.0 Å². The zero-order valence-corrected chi connectivity index (χ0v) is 10.9. The van der Waals surface area contributed by atoms with Gasteiger partial charge in [-0.05, 0) is 37.1 Å². The maximum absolute atomic E-state index is 6.04. The topological polar surface area (TPSA) is 29.3 Å². The molecule has 1 aromatic rings. The number of hydrogen-bond acceptors (Lipinski definition) is 2. The molecule has 0 atom stereocenters. The predicted octanol–water partition coefficient (Wildman–Crippen LogP) is 3.08. The molecule has 90 valence electrons. The Hall–Kier alpha value is -0.730. The zero-order chi connectivity index (χ0) is 12.0. The highest BCUT2D eigenvalue weighted by Gasteiger charge is 2.07. The fourth-order valence-corrected chi connectivity index (χ4v) is 1.94. The number of benzene rings is 1. The first kappa shape index (κ1) is 13.3. The third-order valence-corrected chi connectivity index (χ3v) is 2.95. The molecule has 1 rings (SSSR count). The number of hydrogen-bond donors (Lipinski definition) is 1. The van der Waals surface area contributed by atoms with Gasteiger partial charge in [-0.2, -0.15) is 0 Å². The lowest BCUT2D eigenvalue weighted by atomic mass is 10.1. The molecule has 0 saturated heterocycles. The van der Waals surface area contributed by atoms with Crippen LogP contribution in [0.5, 0.6) is 0 Å². The second kappa shape index (κ2) is 6.77. The molecule has 0 aliphatic rings. The Labute approximate surface area is 103 Å². The molecule has 0 heterocycles. The van der Waals surface area contributed by atoms with E-state index in [1.165, 1.54) is 24.1 Å². The van der Waals surface area contributed by atoms with Crippen molar-refractivity contribution in [2.24, 2.45) is 5.73 Å². The Morgan fingerprint density at radius 2 is 2.12 bits per heavy atom. The lowest BCUT2D eigenvalue weighted by Crippen LogP contribution is -2.20. The first-order valence-electron chi connectivity index (χ1n) is 5.88. The third kappa shape index (κ3) is 3.69. The van der Waals surface area contributed by atoms with Gasteiger partial charge in [-0.1, -0.05) is 31.0 Å². The minimum absolute atomic E-state index is 0.677. The quantitative estimate of drug-likeness (QED) is 0.828. The number of unbranched alkanes of at least 4 members (excludes halogenated alkanes) is 1. The Morgan fingerprint density at radius 3 is 2.75 bits per heavy atom. The van der Waals surface area contributed by atoms with E-state index < -0.39 is 0 Å². The molecule has 0 spiro atoms. The van der Waals surface area contributed by atoms with Gasteiger partial charge in [0.05, 0.1) is 0 Å². The highest BCUT2D eigenvalue weighted by atomic mass is 35.5. The first-order valence-corrected chi connectivity index (χ1v) is 6.26. The highest BCUT2D eigenvalue weighted by Crippen LogP contribution is 2.24. The number of halogens is 1. The summed E-state index contributed by atoms with van der Waals surface area (Å²) in [5, 5.41) is 0.791. The molecule has 0 fully saturated rings. The predicted molar refractivity (Wildman–Crippen MR) is 72.4 cm³/mol. The zero-order valence-electron chi connectivity index (χ0n) is 10.2. The minimum Gasteiger partial charge on any atom is -0.374 e. The van der Waals surface area contributed by atoms with Gasteiger partial charge in [0, 0.05) is 24.3 Å². The standard InChI is InChI=1S/C13H21ClN2/c1-3-4-9-16(2)13-10-12(14)6-5-11(13)7-8-15/h5-6,10H,3-4,7-9,15H2,1-2H3. The molecule has 2 N–H and O–H groups in total. The summed E-state index contributed by atoms with van der Waals surface area (Å²) in [7, 11) is 2.11. The highest BCUT2D eigenvalue weighted by molar-refractivity contribution is 6.30. The molecular formula is C13H21ClN2. The maximum Gasteiger partial charge on any atom is 0.0426 e. The minimum atomic E-state index is 0.677. The van der Waals surface area contributed by atoms with Crippen molar-refractivity contribution in [3.05, 3.63) is 28.8 Å². The van der Waals surface area contributed by atoms with Crippen molar-refractivity contribution in [2.45, 2.75) is 26.2 Å². The molecule has 0 unspecified atom stereocenters. The first-order chi connectivity index (χ1) is 7.69. The van der Waals surface area contributed by atoms with Gasteiger partial charge in [-0.15, -0.1) is 0 Å². The maximum atomic E-state index is 6.04. The lowest BCUT2D eigenvalue weighted by Gasteiger charge is -2.22. The summed E-state index contributed by atoms with van der Waals surface area (Å²) in [6, 6.07) is 6.04. The van der Waals surface area contributed by atoms with Crippen LogP contribution in [0.2, 0.25) is 5.02 Å². The van der Waals surface area contributed by atoms with Crippen LogP contribution >= 0.6 is 11.6 Å². The van der Waals surface area contributed by atoms with Crippen LogP contribution in [0.3, 0.4) is 0 Å². The fourth-order valence-electron chi connectivity index (χ4n) is 1.77. The van der Waals surface area contributed by atoms with E-state index in [1.807, 2.05) is 12.1 Å². The SMILES string of the molecule is CCCCN(C)c1cc(Cl)ccc1CCN. The normalized spacial score (nSPS) is 10.5. The van der Waals surface area contributed by atoms with E-state index in [-0.39, 0.29) is 0 Å². The third-order valence-electron chi connectivity index (χ3n) is 2.72. The number of rotatable bonds is 6. The summed E-state index contributed by atoms with van der Waals surface area (Å²) >= 11 is 6.04. The average molecular weight is 241 g/mol. The van der Waals surface area contributed by atoms with Gasteiger partial charge < -0.3 is 10.6 Å². The van der Waals surface area contributed by atoms with E-state index >= 15 is 0 Å². The van der Waals surface area contributed by atoms with E-state index in [4.69, 9.17) is 17.3 Å². The molecule has 0 amide bonds. The van der Waals surface area contributed by atoms with Crippen molar-refractivity contribution in [1.82, 2.24) is 0 Å². The molecule has 0 aliphatic carbocycles. The van der Waals surface area contributed by atoms with E-state index in [0.29, 0.717) is 6.54 Å². The molecule has 1 aromatic carbocycles. The summed E-state index contributed by atoms with van der Waals surface area (Å²) in [6.07, 6.45) is 3.31. The molecule has 16 heavy (non-hydrogen) atoms. The van der Waals surface area contributed by atoms with E-state index in [0.717, 1.165) is 18.0 Å². The Kier molecular flexibility index (Phi) is 5.64. The van der Waals surface area contributed by atoms with Gasteiger partial charge >= 0.3 is 0 Å². The molecule has 0 saturated carbocycles. The van der Waals surface area contributed by atoms with Crippen LogP contribution in [0, 0.1) is 0 Å². The Morgan fingerprint density at radius 1 is 1.38 bits per heavy atom. The van der Waals surface area contributed by atoms with Gasteiger partial charge in [-0.25, -0.2) is 0 Å². The summed E-state index contributed by atoms with van der Waals surface area (Å²) in [5.41, 5.74) is 8.11. The number of anilines is 1. The molecule has 0 aromatic heterocycles. The second-order valence-electron chi connectivity index (χ2n) is 4.09. The van der Waals surface area contributed by atoms with Gasteiger partial charge in [0.15, 0.2) is 0 Å². The van der Waals surface area contributed by atoms with Crippen LogP contribution in [-0.2, 0) is 6.42 Å². The molecule has 2 nitrogen and oxygen atoms in total. The van der Waals surface area contributed by atoms with Gasteiger partial charge in [-0.3, -0.25) is 0 Å². The van der Waals surface area contributed by atoms with Crippen LogP contribution in [0.25, 0.3) is 0 Å². The molecule has 0 radical (unpaired) electrons. The summed E-state index contributed by atoms with van der Waals surface area (Å²) in [5.74, 6) is 0. The van der Waals surface area contributed by atoms with Crippen LogP contribution in [-0.4, -0.2) is 20.1 Å². The monoisotopic (exact) mass is 240 g/mol. The average Bonchev–Trinajstić information content (AvgIpc) is 2.28. The fraction of sp³-hybridized carbons (Fsp3) is 0.538. The largest absolute Gasteiger partial charge is 0.374 e. The Balaban J connectivity index is 2.85. The van der Waals surface area contributed by atoms with Crippen molar-refractivity contribution in [3.8, 4) is 0 Å². The van der Waals surface area contributed by atoms with E-state index in [2.05, 4.69) is 24.9 Å². The molecule has 3 heteroatoms. The van der Waals surface area contributed by atoms with Crippen LogP contribution in [0.4, 0.5) is 5.69 Å². The Bertz CT molecular complexity index is 326. The van der Waals surface area contributed by atoms with Crippen LogP contribution in [0.1, 0.15) is 25.3 Å².